The number of fused-ring (bicyclic) bond motifs is 2. The molecule has 3 heteroatoms. The summed E-state index contributed by atoms with van der Waals surface area (Å²) in [7, 11) is 0. The highest BCUT2D eigenvalue weighted by Gasteiger charge is 2.50. The molecule has 3 aliphatic carbocycles. The Morgan fingerprint density at radius 1 is 1.24 bits per heavy atom. The van der Waals surface area contributed by atoms with E-state index in [2.05, 4.69) is 33.4 Å². The largest absolute Gasteiger partial charge is 0.313 e. The minimum atomic E-state index is 0.461. The molecule has 3 unspecified atom stereocenters. The van der Waals surface area contributed by atoms with Crippen LogP contribution in [0.3, 0.4) is 0 Å². The Kier molecular flexibility index (Phi) is 3.84. The summed E-state index contributed by atoms with van der Waals surface area (Å²) in [4.78, 5) is 0. The maximum Gasteiger partial charge on any atom is 0.0449 e. The minimum Gasteiger partial charge on any atom is -0.313 e. The van der Waals surface area contributed by atoms with Crippen LogP contribution in [0.4, 0.5) is 0 Å². The van der Waals surface area contributed by atoms with Gasteiger partial charge in [-0.1, -0.05) is 40.0 Å². The van der Waals surface area contributed by atoms with Crippen LogP contribution in [-0.4, -0.2) is 12.6 Å². The predicted molar refractivity (Wildman–Crippen MR) is 91.8 cm³/mol. The van der Waals surface area contributed by atoms with E-state index in [9.17, 15) is 0 Å². The van der Waals surface area contributed by atoms with Crippen molar-refractivity contribution in [1.82, 2.24) is 5.32 Å². The van der Waals surface area contributed by atoms with E-state index in [0.29, 0.717) is 5.41 Å². The predicted octanol–water partition coefficient (Wildman–Crippen LogP) is 5.20. The second-order valence-corrected chi connectivity index (χ2v) is 8.83. The summed E-state index contributed by atoms with van der Waals surface area (Å²) in [5, 5.41) is 4.75. The van der Waals surface area contributed by atoms with Gasteiger partial charge >= 0.3 is 0 Å². The van der Waals surface area contributed by atoms with E-state index >= 15 is 0 Å². The number of rotatable bonds is 5. The smallest absolute Gasteiger partial charge is 0.0449 e. The molecular weight excluding hydrogens is 346 g/mol. The van der Waals surface area contributed by atoms with Gasteiger partial charge in [-0.2, -0.15) is 0 Å². The lowest BCUT2D eigenvalue weighted by molar-refractivity contribution is 0.155. The molecule has 1 aromatic carbocycles. The van der Waals surface area contributed by atoms with Gasteiger partial charge in [-0.3, -0.25) is 0 Å². The molecule has 3 fully saturated rings. The van der Waals surface area contributed by atoms with Crippen molar-refractivity contribution in [1.29, 1.82) is 0 Å². The van der Waals surface area contributed by atoms with Crippen LogP contribution in [0, 0.1) is 17.3 Å². The normalized spacial score (nSPS) is 34.6. The average Bonchev–Trinajstić information content (AvgIpc) is 3.09. The maximum absolute atomic E-state index is 6.50. The van der Waals surface area contributed by atoms with Crippen molar-refractivity contribution < 1.29 is 0 Å². The molecule has 1 N–H and O–H groups in total. The summed E-state index contributed by atoms with van der Waals surface area (Å²) < 4.78 is 1.08. The van der Waals surface area contributed by atoms with Crippen molar-refractivity contribution in [2.45, 2.75) is 51.0 Å². The molecule has 2 bridgehead atoms. The molecule has 0 saturated heterocycles. The Balaban J connectivity index is 1.57. The Hall–Kier alpha value is -0.0500. The summed E-state index contributed by atoms with van der Waals surface area (Å²) >= 11 is 10.0. The van der Waals surface area contributed by atoms with Crippen molar-refractivity contribution in [3.63, 3.8) is 0 Å². The topological polar surface area (TPSA) is 12.0 Å². The van der Waals surface area contributed by atoms with E-state index in [1.54, 1.807) is 0 Å². The Labute approximate surface area is 141 Å². The van der Waals surface area contributed by atoms with Gasteiger partial charge in [-0.25, -0.2) is 0 Å². The van der Waals surface area contributed by atoms with Crippen LogP contribution in [0.1, 0.15) is 44.1 Å². The van der Waals surface area contributed by atoms with Gasteiger partial charge in [0.15, 0.2) is 0 Å². The second-order valence-electron chi connectivity index (χ2n) is 7.51. The fourth-order valence-corrected chi connectivity index (χ4v) is 5.47. The summed E-state index contributed by atoms with van der Waals surface area (Å²) in [5.41, 5.74) is 1.80. The maximum atomic E-state index is 6.50. The van der Waals surface area contributed by atoms with Crippen molar-refractivity contribution in [2.24, 2.45) is 17.3 Å². The molecule has 3 saturated carbocycles. The van der Waals surface area contributed by atoms with Crippen LogP contribution in [0.25, 0.3) is 0 Å². The Morgan fingerprint density at radius 2 is 2.10 bits per heavy atom. The molecule has 3 atom stereocenters. The molecule has 114 valence electrons. The molecule has 1 aromatic rings. The summed E-state index contributed by atoms with van der Waals surface area (Å²) in [6.07, 6.45) is 9.67. The third kappa shape index (κ3) is 2.92. The highest BCUT2D eigenvalue weighted by Crippen LogP contribution is 2.57. The first-order valence-electron chi connectivity index (χ1n) is 8.32. The summed E-state index contributed by atoms with van der Waals surface area (Å²) in [5.74, 6) is 1.89. The fraction of sp³-hybridized carbons (Fsp3) is 0.667. The van der Waals surface area contributed by atoms with E-state index in [0.717, 1.165) is 33.8 Å². The first-order chi connectivity index (χ1) is 10.1. The first kappa shape index (κ1) is 14.5. The summed E-state index contributed by atoms with van der Waals surface area (Å²) in [6.45, 7) is 1.20. The number of hydrogen-bond acceptors (Lipinski definition) is 1. The molecule has 0 spiro atoms. The minimum absolute atomic E-state index is 0.461. The monoisotopic (exact) mass is 367 g/mol. The third-order valence-corrected chi connectivity index (χ3v) is 6.83. The average molecular weight is 369 g/mol. The SMILES string of the molecule is Clc1cc(Br)ccc1CC1(CNC2CC2)CC2CCC1C2. The summed E-state index contributed by atoms with van der Waals surface area (Å²) in [6, 6.07) is 7.21. The number of halogens is 2. The van der Waals surface area contributed by atoms with Gasteiger partial charge in [-0.15, -0.1) is 0 Å². The third-order valence-electron chi connectivity index (χ3n) is 5.98. The molecule has 0 amide bonds. The second kappa shape index (κ2) is 5.54. The molecule has 0 aliphatic heterocycles. The first-order valence-corrected chi connectivity index (χ1v) is 9.49. The fourth-order valence-electron chi connectivity index (χ4n) is 4.73. The lowest BCUT2D eigenvalue weighted by Gasteiger charge is -2.39. The van der Waals surface area contributed by atoms with Crippen molar-refractivity contribution in [3.05, 3.63) is 33.3 Å². The van der Waals surface area contributed by atoms with E-state index < -0.39 is 0 Å². The molecule has 0 aromatic heterocycles. The highest BCUT2D eigenvalue weighted by molar-refractivity contribution is 9.10. The van der Waals surface area contributed by atoms with Gasteiger partial charge in [0.1, 0.15) is 0 Å². The van der Waals surface area contributed by atoms with E-state index in [1.165, 1.54) is 50.6 Å². The van der Waals surface area contributed by atoms with Crippen LogP contribution in [0.5, 0.6) is 0 Å². The molecule has 1 nitrogen and oxygen atoms in total. The van der Waals surface area contributed by atoms with Crippen molar-refractivity contribution in [2.75, 3.05) is 6.54 Å². The lowest BCUT2D eigenvalue weighted by Crippen LogP contribution is -2.41. The number of hydrogen-bond donors (Lipinski definition) is 1. The van der Waals surface area contributed by atoms with Gasteiger partial charge < -0.3 is 5.32 Å². The van der Waals surface area contributed by atoms with Gasteiger partial charge in [0.05, 0.1) is 0 Å². The quantitative estimate of drug-likeness (QED) is 0.753. The van der Waals surface area contributed by atoms with E-state index in [1.807, 2.05) is 6.07 Å². The zero-order valence-corrected chi connectivity index (χ0v) is 14.7. The molecule has 4 rings (SSSR count). The molecular formula is C18H23BrClN. The van der Waals surface area contributed by atoms with E-state index in [-0.39, 0.29) is 0 Å². The van der Waals surface area contributed by atoms with Gasteiger partial charge in [-0.05, 0) is 73.5 Å². The number of benzene rings is 1. The van der Waals surface area contributed by atoms with Gasteiger partial charge in [0.2, 0.25) is 0 Å². The Bertz CT molecular complexity index is 542. The van der Waals surface area contributed by atoms with E-state index in [4.69, 9.17) is 11.6 Å². The highest BCUT2D eigenvalue weighted by atomic mass is 79.9. The van der Waals surface area contributed by atoms with Crippen molar-refractivity contribution in [3.8, 4) is 0 Å². The standard InChI is InChI=1S/C18H23BrClN/c19-15-4-2-13(17(20)8-15)10-18(11-21-16-5-6-16)9-12-1-3-14(18)7-12/h2,4,8,12,14,16,21H,1,3,5-7,9-11H2. The van der Waals surface area contributed by atoms with Crippen LogP contribution in [0.2, 0.25) is 5.02 Å². The van der Waals surface area contributed by atoms with Gasteiger partial charge in [0, 0.05) is 22.1 Å². The number of nitrogens with one attached hydrogen (secondary N) is 1. The molecule has 0 heterocycles. The molecule has 21 heavy (non-hydrogen) atoms. The molecule has 0 radical (unpaired) electrons. The molecule has 3 aliphatic rings. The zero-order valence-electron chi connectivity index (χ0n) is 12.4. The lowest BCUT2D eigenvalue weighted by atomic mass is 9.69. The van der Waals surface area contributed by atoms with Crippen LogP contribution < -0.4 is 5.32 Å². The Morgan fingerprint density at radius 3 is 2.71 bits per heavy atom. The van der Waals surface area contributed by atoms with Crippen LogP contribution >= 0.6 is 27.5 Å². The van der Waals surface area contributed by atoms with Gasteiger partial charge in [0.25, 0.3) is 0 Å². The zero-order chi connectivity index (χ0) is 14.4. The van der Waals surface area contributed by atoms with Crippen molar-refractivity contribution >= 4 is 27.5 Å². The van der Waals surface area contributed by atoms with Crippen LogP contribution in [-0.2, 0) is 6.42 Å². The van der Waals surface area contributed by atoms with Crippen LogP contribution in [0.15, 0.2) is 22.7 Å².